The zero-order valence-corrected chi connectivity index (χ0v) is 17.7. The molecule has 1 fully saturated rings. The normalized spacial score (nSPS) is 16.4. The van der Waals surface area contributed by atoms with Gasteiger partial charge in [-0.15, -0.1) is 0 Å². The first-order valence-corrected chi connectivity index (χ1v) is 10.4. The first kappa shape index (κ1) is 21.9. The molecule has 0 saturated carbocycles. The fraction of sp³-hybridized carbons (Fsp3) is 0.524. The minimum Gasteiger partial charge on any atom is -0.368 e. The van der Waals surface area contributed by atoms with E-state index >= 15 is 0 Å². The van der Waals surface area contributed by atoms with E-state index in [9.17, 15) is 9.18 Å². The molecule has 8 nitrogen and oxygen atoms in total. The lowest BCUT2D eigenvalue weighted by atomic mass is 9.95. The summed E-state index contributed by atoms with van der Waals surface area (Å²) >= 11 is 0. The molecule has 3 rings (SSSR count). The van der Waals surface area contributed by atoms with E-state index in [1.54, 1.807) is 12.1 Å². The number of nitrogens with two attached hydrogens (primary N) is 1. The number of hydrogen-bond donors (Lipinski definition) is 3. The summed E-state index contributed by atoms with van der Waals surface area (Å²) in [6, 6.07) is 6.10. The molecule has 30 heavy (non-hydrogen) atoms. The van der Waals surface area contributed by atoms with Gasteiger partial charge in [0, 0.05) is 17.6 Å². The van der Waals surface area contributed by atoms with Crippen LogP contribution < -0.4 is 16.4 Å². The SMILES string of the molecule is CC(C)C(C)NC(=O)C1CCN(Cc2nc(N)nc(Nc3ccc(F)cc3)n2)CC1. The number of nitrogen functional groups attached to an aromatic ring is 1. The first-order chi connectivity index (χ1) is 14.3. The maximum absolute atomic E-state index is 13.1. The summed E-state index contributed by atoms with van der Waals surface area (Å²) in [6.07, 6.45) is 1.61. The van der Waals surface area contributed by atoms with E-state index in [-0.39, 0.29) is 29.6 Å². The number of anilines is 3. The van der Waals surface area contributed by atoms with Crippen LogP contribution in [-0.2, 0) is 11.3 Å². The molecule has 0 spiro atoms. The summed E-state index contributed by atoms with van der Waals surface area (Å²) in [6.45, 7) is 8.36. The average molecular weight is 416 g/mol. The van der Waals surface area contributed by atoms with Gasteiger partial charge in [-0.3, -0.25) is 9.69 Å². The van der Waals surface area contributed by atoms with Crippen LogP contribution in [0.25, 0.3) is 0 Å². The summed E-state index contributed by atoms with van der Waals surface area (Å²) in [4.78, 5) is 27.4. The molecular formula is C21H30FN7O. The number of halogens is 1. The Labute approximate surface area is 176 Å². The topological polar surface area (TPSA) is 109 Å². The fourth-order valence-electron chi connectivity index (χ4n) is 3.29. The largest absolute Gasteiger partial charge is 0.368 e. The summed E-state index contributed by atoms with van der Waals surface area (Å²) in [7, 11) is 0. The first-order valence-electron chi connectivity index (χ1n) is 10.4. The quantitative estimate of drug-likeness (QED) is 0.638. The van der Waals surface area contributed by atoms with E-state index in [2.05, 4.69) is 44.3 Å². The number of nitrogens with one attached hydrogen (secondary N) is 2. The lowest BCUT2D eigenvalue weighted by Gasteiger charge is -2.31. The van der Waals surface area contributed by atoms with Gasteiger partial charge in [-0.25, -0.2) is 4.39 Å². The van der Waals surface area contributed by atoms with Gasteiger partial charge in [-0.05, 0) is 63.0 Å². The number of rotatable bonds is 7. The Morgan fingerprint density at radius 3 is 2.47 bits per heavy atom. The van der Waals surface area contributed by atoms with E-state index in [1.807, 2.05) is 6.92 Å². The molecule has 0 aliphatic carbocycles. The van der Waals surface area contributed by atoms with E-state index in [1.165, 1.54) is 12.1 Å². The molecule has 2 aromatic rings. The molecule has 1 atom stereocenters. The van der Waals surface area contributed by atoms with Crippen LogP contribution in [-0.4, -0.2) is 44.9 Å². The molecule has 1 aliphatic rings. The van der Waals surface area contributed by atoms with Crippen molar-refractivity contribution in [1.82, 2.24) is 25.2 Å². The predicted octanol–water partition coefficient (Wildman–Crippen LogP) is 2.71. The molecule has 1 unspecified atom stereocenters. The minimum absolute atomic E-state index is 0.0431. The molecule has 0 radical (unpaired) electrons. The second-order valence-corrected chi connectivity index (χ2v) is 8.16. The van der Waals surface area contributed by atoms with Crippen molar-refractivity contribution in [3.8, 4) is 0 Å². The van der Waals surface area contributed by atoms with Crippen LogP contribution in [0.1, 0.15) is 39.4 Å². The number of amides is 1. The van der Waals surface area contributed by atoms with Crippen molar-refractivity contribution >= 4 is 23.5 Å². The second-order valence-electron chi connectivity index (χ2n) is 8.16. The molecular weight excluding hydrogens is 385 g/mol. The molecule has 162 valence electrons. The molecule has 9 heteroatoms. The summed E-state index contributed by atoms with van der Waals surface area (Å²) < 4.78 is 13.1. The Bertz CT molecular complexity index is 851. The third kappa shape index (κ3) is 6.09. The maximum Gasteiger partial charge on any atom is 0.232 e. The van der Waals surface area contributed by atoms with Crippen molar-refractivity contribution in [1.29, 1.82) is 0 Å². The predicted molar refractivity (Wildman–Crippen MR) is 114 cm³/mol. The number of carbonyl (C=O) groups excluding carboxylic acids is 1. The second kappa shape index (κ2) is 9.80. The molecule has 1 saturated heterocycles. The lowest BCUT2D eigenvalue weighted by molar-refractivity contribution is -0.127. The Hall–Kier alpha value is -2.81. The van der Waals surface area contributed by atoms with Crippen LogP contribution in [0.15, 0.2) is 24.3 Å². The van der Waals surface area contributed by atoms with E-state index in [4.69, 9.17) is 5.73 Å². The summed E-state index contributed by atoms with van der Waals surface area (Å²) in [5.74, 6) is 1.30. The monoisotopic (exact) mass is 415 g/mol. The summed E-state index contributed by atoms with van der Waals surface area (Å²) in [5.41, 5.74) is 6.50. The molecule has 0 bridgehead atoms. The van der Waals surface area contributed by atoms with Crippen LogP contribution >= 0.6 is 0 Å². The smallest absolute Gasteiger partial charge is 0.232 e. The highest BCUT2D eigenvalue weighted by Crippen LogP contribution is 2.20. The number of carbonyl (C=O) groups is 1. The average Bonchev–Trinajstić information content (AvgIpc) is 2.69. The van der Waals surface area contributed by atoms with Crippen LogP contribution in [0.3, 0.4) is 0 Å². The number of nitrogens with zero attached hydrogens (tertiary/aromatic N) is 4. The van der Waals surface area contributed by atoms with Gasteiger partial charge >= 0.3 is 0 Å². The highest BCUT2D eigenvalue weighted by Gasteiger charge is 2.26. The highest BCUT2D eigenvalue weighted by molar-refractivity contribution is 5.79. The van der Waals surface area contributed by atoms with Crippen molar-refractivity contribution in [2.24, 2.45) is 11.8 Å². The fourth-order valence-corrected chi connectivity index (χ4v) is 3.29. The van der Waals surface area contributed by atoms with Crippen molar-refractivity contribution in [2.75, 3.05) is 24.1 Å². The van der Waals surface area contributed by atoms with Gasteiger partial charge in [0.15, 0.2) is 0 Å². The van der Waals surface area contributed by atoms with Gasteiger partial charge in [0.05, 0.1) is 6.54 Å². The van der Waals surface area contributed by atoms with Gasteiger partial charge in [-0.1, -0.05) is 13.8 Å². The molecule has 1 aromatic heterocycles. The Morgan fingerprint density at radius 2 is 1.83 bits per heavy atom. The molecule has 1 amide bonds. The Kier molecular flexibility index (Phi) is 7.15. The van der Waals surface area contributed by atoms with Gasteiger partial charge in [0.25, 0.3) is 0 Å². The third-order valence-electron chi connectivity index (χ3n) is 5.49. The van der Waals surface area contributed by atoms with Gasteiger partial charge in [0.1, 0.15) is 11.6 Å². The Balaban J connectivity index is 1.55. The molecule has 1 aliphatic heterocycles. The van der Waals surface area contributed by atoms with Crippen LogP contribution in [0, 0.1) is 17.7 Å². The van der Waals surface area contributed by atoms with Crippen molar-refractivity contribution < 1.29 is 9.18 Å². The van der Waals surface area contributed by atoms with Crippen LogP contribution in [0.4, 0.5) is 22.0 Å². The van der Waals surface area contributed by atoms with E-state index in [0.29, 0.717) is 29.9 Å². The van der Waals surface area contributed by atoms with Crippen LogP contribution in [0.5, 0.6) is 0 Å². The highest BCUT2D eigenvalue weighted by atomic mass is 19.1. The maximum atomic E-state index is 13.1. The van der Waals surface area contributed by atoms with Crippen molar-refractivity contribution in [2.45, 2.75) is 46.2 Å². The molecule has 1 aromatic carbocycles. The van der Waals surface area contributed by atoms with Gasteiger partial charge in [-0.2, -0.15) is 15.0 Å². The van der Waals surface area contributed by atoms with Gasteiger partial charge in [0.2, 0.25) is 17.8 Å². The lowest BCUT2D eigenvalue weighted by Crippen LogP contribution is -2.44. The molecule has 4 N–H and O–H groups in total. The molecule has 2 heterocycles. The van der Waals surface area contributed by atoms with Gasteiger partial charge < -0.3 is 16.4 Å². The van der Waals surface area contributed by atoms with Crippen molar-refractivity contribution in [3.63, 3.8) is 0 Å². The number of benzene rings is 1. The zero-order valence-electron chi connectivity index (χ0n) is 17.7. The van der Waals surface area contributed by atoms with E-state index in [0.717, 1.165) is 25.9 Å². The minimum atomic E-state index is -0.313. The summed E-state index contributed by atoms with van der Waals surface area (Å²) in [5, 5.41) is 6.13. The number of likely N-dealkylation sites (tertiary alicyclic amines) is 1. The Morgan fingerprint density at radius 1 is 1.17 bits per heavy atom. The zero-order chi connectivity index (χ0) is 21.7. The number of aromatic nitrogens is 3. The van der Waals surface area contributed by atoms with Crippen LogP contribution in [0.2, 0.25) is 0 Å². The number of piperidine rings is 1. The third-order valence-corrected chi connectivity index (χ3v) is 5.49. The van der Waals surface area contributed by atoms with E-state index < -0.39 is 0 Å². The standard InChI is InChI=1S/C21H30FN7O/c1-13(2)14(3)24-19(30)15-8-10-29(11-9-15)12-18-26-20(23)28-21(27-18)25-17-6-4-16(22)5-7-17/h4-7,13-15H,8-12H2,1-3H3,(H,24,30)(H3,23,25,26,27,28). The van der Waals surface area contributed by atoms with Crippen molar-refractivity contribution in [3.05, 3.63) is 35.9 Å². The number of hydrogen-bond acceptors (Lipinski definition) is 7.